The molecule has 1 aliphatic heterocycles. The van der Waals surface area contributed by atoms with Gasteiger partial charge in [-0.3, -0.25) is 15.0 Å². The van der Waals surface area contributed by atoms with Crippen LogP contribution in [0.2, 0.25) is 0 Å². The Balaban J connectivity index is 1.52. The second kappa shape index (κ2) is 11.9. The van der Waals surface area contributed by atoms with Gasteiger partial charge in [0.25, 0.3) is 5.69 Å². The van der Waals surface area contributed by atoms with Crippen LogP contribution < -0.4 is 10.6 Å². The summed E-state index contributed by atoms with van der Waals surface area (Å²) in [6, 6.07) is 7.09. The molecule has 30 heavy (non-hydrogen) atoms. The molecule has 1 aromatic carbocycles. The predicted octanol–water partition coefficient (Wildman–Crippen LogP) is 2.93. The molecule has 0 radical (unpaired) electrons. The average molecular weight is 418 g/mol. The Morgan fingerprint density at radius 1 is 1.20 bits per heavy atom. The minimum Gasteiger partial charge on any atom is -0.379 e. The van der Waals surface area contributed by atoms with Gasteiger partial charge in [-0.25, -0.2) is 4.99 Å². The number of nitro groups is 1. The molecule has 1 saturated carbocycles. The number of benzene rings is 1. The fourth-order valence-corrected chi connectivity index (χ4v) is 3.98. The number of rotatable bonds is 8. The second-order valence-corrected chi connectivity index (χ2v) is 8.42. The summed E-state index contributed by atoms with van der Waals surface area (Å²) in [6.07, 6.45) is 5.91. The van der Waals surface area contributed by atoms with Gasteiger partial charge >= 0.3 is 0 Å². The molecule has 0 aromatic heterocycles. The monoisotopic (exact) mass is 417 g/mol. The van der Waals surface area contributed by atoms with Crippen molar-refractivity contribution in [2.24, 2.45) is 10.9 Å². The molecule has 1 aliphatic carbocycles. The fourth-order valence-electron chi connectivity index (χ4n) is 3.98. The van der Waals surface area contributed by atoms with E-state index in [1.807, 2.05) is 0 Å². The number of ether oxygens (including phenoxy) is 1. The van der Waals surface area contributed by atoms with Gasteiger partial charge in [0, 0.05) is 37.8 Å². The van der Waals surface area contributed by atoms with Crippen LogP contribution in [0.3, 0.4) is 0 Å². The van der Waals surface area contributed by atoms with Gasteiger partial charge in [-0.2, -0.15) is 0 Å². The molecule has 8 nitrogen and oxygen atoms in total. The molecule has 0 unspecified atom stereocenters. The van der Waals surface area contributed by atoms with Gasteiger partial charge in [-0.15, -0.1) is 0 Å². The van der Waals surface area contributed by atoms with E-state index in [0.717, 1.165) is 63.3 Å². The molecule has 1 saturated heterocycles. The van der Waals surface area contributed by atoms with E-state index in [4.69, 9.17) is 9.73 Å². The summed E-state index contributed by atoms with van der Waals surface area (Å²) < 4.78 is 5.41. The van der Waals surface area contributed by atoms with Crippen LogP contribution in [0, 0.1) is 16.0 Å². The van der Waals surface area contributed by atoms with Gasteiger partial charge in [0.05, 0.1) is 24.7 Å². The number of nitrogens with one attached hydrogen (secondary N) is 2. The number of hydrogen-bond acceptors (Lipinski definition) is 5. The molecule has 2 fully saturated rings. The van der Waals surface area contributed by atoms with Crippen molar-refractivity contribution >= 4 is 11.6 Å². The van der Waals surface area contributed by atoms with Crippen LogP contribution in [0.25, 0.3) is 0 Å². The summed E-state index contributed by atoms with van der Waals surface area (Å²) in [5.74, 6) is 1.65. The smallest absolute Gasteiger partial charge is 0.269 e. The van der Waals surface area contributed by atoms with Crippen LogP contribution in [0.5, 0.6) is 0 Å². The maximum absolute atomic E-state index is 10.8. The SMILES string of the molecule is CC1CCC(NC(=NCc2ccc([N+](=O)[O-])cc2)NCCCN2CCOCC2)CC1. The molecule has 0 amide bonds. The molecule has 8 heteroatoms. The van der Waals surface area contributed by atoms with E-state index < -0.39 is 0 Å². The van der Waals surface area contributed by atoms with Gasteiger partial charge in [-0.1, -0.05) is 19.1 Å². The van der Waals surface area contributed by atoms with E-state index in [2.05, 4.69) is 22.5 Å². The zero-order valence-electron chi connectivity index (χ0n) is 18.0. The summed E-state index contributed by atoms with van der Waals surface area (Å²) in [6.45, 7) is 8.44. The normalized spacial score (nSPS) is 23.2. The topological polar surface area (TPSA) is 92.0 Å². The Morgan fingerprint density at radius 2 is 1.90 bits per heavy atom. The van der Waals surface area contributed by atoms with E-state index in [9.17, 15) is 10.1 Å². The van der Waals surface area contributed by atoms with Crippen molar-refractivity contribution in [3.63, 3.8) is 0 Å². The molecule has 1 aromatic rings. The standard InChI is InChI=1S/C22H35N5O3/c1-18-3-7-20(8-4-18)25-22(23-11-2-12-26-13-15-30-16-14-26)24-17-19-5-9-21(10-6-19)27(28)29/h5-6,9-10,18,20H,2-4,7-8,11-17H2,1H3,(H2,23,24,25). The maximum Gasteiger partial charge on any atom is 0.269 e. The average Bonchev–Trinajstić information content (AvgIpc) is 2.77. The molecular formula is C22H35N5O3. The van der Waals surface area contributed by atoms with E-state index in [0.29, 0.717) is 12.6 Å². The van der Waals surface area contributed by atoms with Crippen molar-refractivity contribution in [2.45, 2.75) is 51.6 Å². The zero-order valence-corrected chi connectivity index (χ0v) is 18.0. The van der Waals surface area contributed by atoms with Crippen molar-refractivity contribution in [1.29, 1.82) is 0 Å². The number of morpholine rings is 1. The molecule has 3 rings (SSSR count). The molecule has 0 spiro atoms. The predicted molar refractivity (Wildman–Crippen MR) is 119 cm³/mol. The number of guanidine groups is 1. The van der Waals surface area contributed by atoms with Crippen LogP contribution in [-0.4, -0.2) is 61.2 Å². The van der Waals surface area contributed by atoms with Crippen molar-refractivity contribution in [2.75, 3.05) is 39.4 Å². The quantitative estimate of drug-likeness (QED) is 0.222. The van der Waals surface area contributed by atoms with E-state index >= 15 is 0 Å². The first-order valence-electron chi connectivity index (χ1n) is 11.2. The van der Waals surface area contributed by atoms with Crippen LogP contribution in [0.4, 0.5) is 5.69 Å². The molecule has 0 atom stereocenters. The lowest BCUT2D eigenvalue weighted by Crippen LogP contribution is -2.45. The number of non-ortho nitro benzene ring substituents is 1. The van der Waals surface area contributed by atoms with Gasteiger partial charge in [-0.05, 0) is 50.1 Å². The van der Waals surface area contributed by atoms with E-state index in [-0.39, 0.29) is 10.6 Å². The highest BCUT2D eigenvalue weighted by molar-refractivity contribution is 5.80. The summed E-state index contributed by atoms with van der Waals surface area (Å²) in [4.78, 5) is 17.7. The lowest BCUT2D eigenvalue weighted by molar-refractivity contribution is -0.384. The third kappa shape index (κ3) is 7.57. The highest BCUT2D eigenvalue weighted by Crippen LogP contribution is 2.23. The Morgan fingerprint density at radius 3 is 2.57 bits per heavy atom. The summed E-state index contributed by atoms with van der Waals surface area (Å²) in [5, 5.41) is 17.9. The van der Waals surface area contributed by atoms with Gasteiger partial charge in [0.1, 0.15) is 0 Å². The highest BCUT2D eigenvalue weighted by atomic mass is 16.6. The van der Waals surface area contributed by atoms with Crippen molar-refractivity contribution in [3.05, 3.63) is 39.9 Å². The number of aliphatic imine (C=N–C) groups is 1. The molecule has 0 bridgehead atoms. The number of nitrogens with zero attached hydrogens (tertiary/aromatic N) is 3. The Kier molecular flexibility index (Phi) is 8.89. The number of nitro benzene ring substituents is 1. The Labute approximate surface area is 179 Å². The third-order valence-corrected chi connectivity index (χ3v) is 5.97. The maximum atomic E-state index is 10.8. The van der Waals surface area contributed by atoms with Crippen LogP contribution in [-0.2, 0) is 11.3 Å². The first kappa shape index (κ1) is 22.5. The van der Waals surface area contributed by atoms with Crippen molar-refractivity contribution in [1.82, 2.24) is 15.5 Å². The van der Waals surface area contributed by atoms with Crippen LogP contribution >= 0.6 is 0 Å². The van der Waals surface area contributed by atoms with E-state index in [1.54, 1.807) is 12.1 Å². The molecule has 2 aliphatic rings. The minimum absolute atomic E-state index is 0.110. The van der Waals surface area contributed by atoms with Crippen molar-refractivity contribution < 1.29 is 9.66 Å². The summed E-state index contributed by atoms with van der Waals surface area (Å²) in [5.41, 5.74) is 1.07. The van der Waals surface area contributed by atoms with Gasteiger partial charge < -0.3 is 15.4 Å². The molecule has 1 heterocycles. The number of hydrogen-bond donors (Lipinski definition) is 2. The highest BCUT2D eigenvalue weighted by Gasteiger charge is 2.19. The summed E-state index contributed by atoms with van der Waals surface area (Å²) in [7, 11) is 0. The Bertz CT molecular complexity index is 681. The third-order valence-electron chi connectivity index (χ3n) is 5.97. The van der Waals surface area contributed by atoms with Gasteiger partial charge in [0.2, 0.25) is 0 Å². The first-order chi connectivity index (χ1) is 14.6. The zero-order chi connectivity index (χ0) is 21.2. The molecule has 166 valence electrons. The largest absolute Gasteiger partial charge is 0.379 e. The first-order valence-corrected chi connectivity index (χ1v) is 11.2. The molecule has 2 N–H and O–H groups in total. The molecular weight excluding hydrogens is 382 g/mol. The van der Waals surface area contributed by atoms with Crippen molar-refractivity contribution in [3.8, 4) is 0 Å². The fraction of sp³-hybridized carbons (Fsp3) is 0.682. The second-order valence-electron chi connectivity index (χ2n) is 8.42. The Hall–Kier alpha value is -2.19. The lowest BCUT2D eigenvalue weighted by atomic mass is 9.87. The van der Waals surface area contributed by atoms with Crippen LogP contribution in [0.15, 0.2) is 29.3 Å². The van der Waals surface area contributed by atoms with Crippen LogP contribution in [0.1, 0.15) is 44.6 Å². The summed E-state index contributed by atoms with van der Waals surface area (Å²) >= 11 is 0. The van der Waals surface area contributed by atoms with Gasteiger partial charge in [0.15, 0.2) is 5.96 Å². The lowest BCUT2D eigenvalue weighted by Gasteiger charge is -2.29. The minimum atomic E-state index is -0.375. The van der Waals surface area contributed by atoms with E-state index in [1.165, 1.54) is 37.8 Å².